The maximum Gasteiger partial charge on any atom is 0.230 e. The number of thiophene rings is 1. The molecule has 7 heteroatoms. The van der Waals surface area contributed by atoms with Crippen molar-refractivity contribution in [3.63, 3.8) is 0 Å². The van der Waals surface area contributed by atoms with E-state index in [1.807, 2.05) is 6.92 Å². The van der Waals surface area contributed by atoms with Crippen LogP contribution in [0.2, 0.25) is 0 Å². The van der Waals surface area contributed by atoms with E-state index >= 15 is 0 Å². The topological polar surface area (TPSA) is 68.0 Å². The van der Waals surface area contributed by atoms with Gasteiger partial charge in [-0.1, -0.05) is 6.42 Å². The number of hydrogen-bond acceptors (Lipinski definition) is 5. The number of anilines is 1. The van der Waals surface area contributed by atoms with Crippen LogP contribution in [0.5, 0.6) is 0 Å². The molecule has 0 bridgehead atoms. The molecular weight excluding hydrogens is 338 g/mol. The first-order chi connectivity index (χ1) is 10.0. The molecule has 1 fully saturated rings. The highest BCUT2D eigenvalue weighted by molar-refractivity contribution is 7.18. The molecule has 120 valence electrons. The van der Waals surface area contributed by atoms with Crippen molar-refractivity contribution >= 4 is 46.1 Å². The first kappa shape index (κ1) is 17.4. The fourth-order valence-corrected chi connectivity index (χ4v) is 4.56. The summed E-state index contributed by atoms with van der Waals surface area (Å²) in [6, 6.07) is 4.17. The Balaban J connectivity index is 0.00000176. The molecule has 3 rings (SSSR count). The van der Waals surface area contributed by atoms with Crippen molar-refractivity contribution in [3.8, 4) is 10.6 Å². The highest BCUT2D eigenvalue weighted by Gasteiger charge is 2.30. The summed E-state index contributed by atoms with van der Waals surface area (Å²) in [5.41, 5.74) is 6.96. The van der Waals surface area contributed by atoms with E-state index in [1.54, 1.807) is 11.3 Å². The Bertz CT molecular complexity index is 668. The molecule has 1 amide bonds. The summed E-state index contributed by atoms with van der Waals surface area (Å²) in [6.45, 7) is 4.12. The Morgan fingerprint density at radius 1 is 1.32 bits per heavy atom. The summed E-state index contributed by atoms with van der Waals surface area (Å²) in [5, 5.41) is 3.62. The van der Waals surface area contributed by atoms with Crippen LogP contribution in [0.25, 0.3) is 10.6 Å². The summed E-state index contributed by atoms with van der Waals surface area (Å²) in [7, 11) is 0. The zero-order valence-electron chi connectivity index (χ0n) is 12.6. The van der Waals surface area contributed by atoms with E-state index in [0.717, 1.165) is 34.7 Å². The van der Waals surface area contributed by atoms with E-state index in [-0.39, 0.29) is 30.3 Å². The molecule has 0 spiro atoms. The van der Waals surface area contributed by atoms with E-state index in [2.05, 4.69) is 29.4 Å². The zero-order chi connectivity index (χ0) is 15.0. The molecule has 2 atom stereocenters. The molecule has 1 aliphatic rings. The number of nitrogens with two attached hydrogens (primary N) is 1. The molecule has 3 N–H and O–H groups in total. The van der Waals surface area contributed by atoms with Gasteiger partial charge in [0.1, 0.15) is 0 Å². The standard InChI is InChI=1S/C15H19N3OS2.ClH/c1-8-6-7-12(20-8)13-9(2)21-15(17-13)18-14(19)10-4-3-5-11(10)16;/h6-7,10-11H,3-5,16H2,1-2H3,(H,17,18,19);1H. The molecule has 22 heavy (non-hydrogen) atoms. The smallest absolute Gasteiger partial charge is 0.230 e. The number of aryl methyl sites for hydroxylation is 2. The van der Waals surface area contributed by atoms with E-state index in [1.165, 1.54) is 16.2 Å². The summed E-state index contributed by atoms with van der Waals surface area (Å²) in [6.07, 6.45) is 2.86. The van der Waals surface area contributed by atoms with Crippen LogP contribution in [0.4, 0.5) is 5.13 Å². The second kappa shape index (κ2) is 7.08. The van der Waals surface area contributed by atoms with Crippen LogP contribution in [0.1, 0.15) is 29.0 Å². The highest BCUT2D eigenvalue weighted by atomic mass is 35.5. The minimum absolute atomic E-state index is 0. The van der Waals surface area contributed by atoms with Crippen LogP contribution in [0.15, 0.2) is 12.1 Å². The van der Waals surface area contributed by atoms with Gasteiger partial charge < -0.3 is 11.1 Å². The molecule has 2 unspecified atom stereocenters. The first-order valence-electron chi connectivity index (χ1n) is 7.15. The Labute approximate surface area is 144 Å². The summed E-state index contributed by atoms with van der Waals surface area (Å²) in [5.74, 6) is -0.0516. The number of nitrogens with zero attached hydrogens (tertiary/aromatic N) is 1. The lowest BCUT2D eigenvalue weighted by Crippen LogP contribution is -2.34. The molecule has 2 aromatic rings. The van der Waals surface area contributed by atoms with Gasteiger partial charge in [0.05, 0.1) is 16.5 Å². The van der Waals surface area contributed by atoms with Crippen LogP contribution in [0.3, 0.4) is 0 Å². The number of halogens is 1. The molecular formula is C15H20ClN3OS2. The number of amides is 1. The van der Waals surface area contributed by atoms with Crippen LogP contribution in [0, 0.1) is 19.8 Å². The van der Waals surface area contributed by atoms with E-state index in [0.29, 0.717) is 5.13 Å². The SMILES string of the molecule is Cc1ccc(-c2nc(NC(=O)C3CCCC3N)sc2C)s1.Cl. The molecule has 0 aliphatic heterocycles. The molecule has 1 saturated carbocycles. The van der Waals surface area contributed by atoms with Crippen LogP contribution >= 0.6 is 35.1 Å². The Morgan fingerprint density at radius 2 is 2.09 bits per heavy atom. The van der Waals surface area contributed by atoms with E-state index < -0.39 is 0 Å². The van der Waals surface area contributed by atoms with Crippen molar-refractivity contribution in [2.75, 3.05) is 5.32 Å². The number of thiazole rings is 1. The van der Waals surface area contributed by atoms with Crippen molar-refractivity contribution in [1.29, 1.82) is 0 Å². The highest BCUT2D eigenvalue weighted by Crippen LogP contribution is 2.35. The fraction of sp³-hybridized carbons (Fsp3) is 0.467. The van der Waals surface area contributed by atoms with E-state index in [4.69, 9.17) is 5.73 Å². The minimum Gasteiger partial charge on any atom is -0.327 e. The quantitative estimate of drug-likeness (QED) is 0.873. The normalized spacial score (nSPS) is 20.7. The van der Waals surface area contributed by atoms with E-state index in [9.17, 15) is 4.79 Å². The van der Waals surface area contributed by atoms with Crippen molar-refractivity contribution in [2.24, 2.45) is 11.7 Å². The third-order valence-corrected chi connectivity index (χ3v) is 5.80. The third kappa shape index (κ3) is 3.51. The fourth-order valence-electron chi connectivity index (χ4n) is 2.75. The molecule has 0 aromatic carbocycles. The van der Waals surface area contributed by atoms with Crippen molar-refractivity contribution in [3.05, 3.63) is 21.9 Å². The maximum absolute atomic E-state index is 12.3. The first-order valence-corrected chi connectivity index (χ1v) is 8.78. The van der Waals surface area contributed by atoms with Gasteiger partial charge in [-0.05, 0) is 38.8 Å². The van der Waals surface area contributed by atoms with Gasteiger partial charge in [0.25, 0.3) is 0 Å². The van der Waals surface area contributed by atoms with Crippen LogP contribution in [-0.2, 0) is 4.79 Å². The Hall–Kier alpha value is -0.950. The van der Waals surface area contributed by atoms with Gasteiger partial charge >= 0.3 is 0 Å². The predicted molar refractivity (Wildman–Crippen MR) is 96.1 cm³/mol. The monoisotopic (exact) mass is 357 g/mol. The lowest BCUT2D eigenvalue weighted by molar-refractivity contribution is -0.120. The number of rotatable bonds is 3. The van der Waals surface area contributed by atoms with Gasteiger partial charge in [-0.15, -0.1) is 35.1 Å². The number of hydrogen-bond donors (Lipinski definition) is 2. The zero-order valence-corrected chi connectivity index (χ0v) is 15.0. The maximum atomic E-state index is 12.3. The summed E-state index contributed by atoms with van der Waals surface area (Å²) in [4.78, 5) is 20.4. The molecule has 2 heterocycles. The number of nitrogens with one attached hydrogen (secondary N) is 1. The van der Waals surface area contributed by atoms with Crippen molar-refractivity contribution in [2.45, 2.75) is 39.2 Å². The van der Waals surface area contributed by atoms with Gasteiger partial charge in [0, 0.05) is 15.8 Å². The average molecular weight is 358 g/mol. The summed E-state index contributed by atoms with van der Waals surface area (Å²) >= 11 is 3.25. The third-order valence-electron chi connectivity index (χ3n) is 3.91. The molecule has 0 radical (unpaired) electrons. The molecule has 1 aliphatic carbocycles. The number of carbonyl (C=O) groups is 1. The van der Waals surface area contributed by atoms with Crippen molar-refractivity contribution in [1.82, 2.24) is 4.98 Å². The van der Waals surface area contributed by atoms with Crippen LogP contribution < -0.4 is 11.1 Å². The molecule has 2 aromatic heterocycles. The Morgan fingerprint density at radius 3 is 2.68 bits per heavy atom. The Kier molecular flexibility index (Phi) is 5.60. The van der Waals surface area contributed by atoms with Gasteiger partial charge in [-0.25, -0.2) is 4.98 Å². The largest absolute Gasteiger partial charge is 0.327 e. The van der Waals surface area contributed by atoms with Crippen molar-refractivity contribution < 1.29 is 4.79 Å². The van der Waals surface area contributed by atoms with Gasteiger partial charge in [0.15, 0.2) is 5.13 Å². The lowest BCUT2D eigenvalue weighted by atomic mass is 10.0. The summed E-state index contributed by atoms with van der Waals surface area (Å²) < 4.78 is 0. The minimum atomic E-state index is -0.0679. The molecule has 4 nitrogen and oxygen atoms in total. The number of aromatic nitrogens is 1. The van der Waals surface area contributed by atoms with Crippen LogP contribution in [-0.4, -0.2) is 16.9 Å². The average Bonchev–Trinajstić information content (AvgIpc) is 3.10. The lowest BCUT2D eigenvalue weighted by Gasteiger charge is -2.13. The second-order valence-corrected chi connectivity index (χ2v) is 8.02. The van der Waals surface area contributed by atoms with Gasteiger partial charge in [-0.2, -0.15) is 0 Å². The van der Waals surface area contributed by atoms with Gasteiger partial charge in [-0.3, -0.25) is 4.79 Å². The molecule has 0 saturated heterocycles. The number of carbonyl (C=O) groups excluding carboxylic acids is 1. The predicted octanol–water partition coefficient (Wildman–Crippen LogP) is 3.98. The van der Waals surface area contributed by atoms with Gasteiger partial charge in [0.2, 0.25) is 5.91 Å². The second-order valence-electron chi connectivity index (χ2n) is 5.52.